The average molecular weight is 316 g/mol. The van der Waals surface area contributed by atoms with Gasteiger partial charge in [0, 0.05) is 17.1 Å². The van der Waals surface area contributed by atoms with Crippen molar-refractivity contribution in [1.29, 1.82) is 0 Å². The molecule has 17 heavy (non-hydrogen) atoms. The highest BCUT2D eigenvalue weighted by Crippen LogP contribution is 2.26. The van der Waals surface area contributed by atoms with E-state index in [9.17, 15) is 4.79 Å². The lowest BCUT2D eigenvalue weighted by Crippen LogP contribution is -1.97. The van der Waals surface area contributed by atoms with Gasteiger partial charge < -0.3 is 9.67 Å². The van der Waals surface area contributed by atoms with Crippen LogP contribution in [0.5, 0.6) is 0 Å². The molecule has 1 aromatic carbocycles. The number of imidazole rings is 1. The molecule has 0 amide bonds. The van der Waals surface area contributed by atoms with Gasteiger partial charge in [-0.2, -0.15) is 0 Å². The van der Waals surface area contributed by atoms with Crippen molar-refractivity contribution in [3.63, 3.8) is 0 Å². The molecule has 0 aliphatic heterocycles. The number of aromatic nitrogens is 2. The SMILES string of the molecule is Cn1c(-c2cccc(Br)c2)nc(C(=O)O)c1Cl. The molecule has 1 N–H and O–H groups in total. The van der Waals surface area contributed by atoms with Crippen LogP contribution in [0, 0.1) is 0 Å². The highest BCUT2D eigenvalue weighted by Gasteiger charge is 2.19. The number of carbonyl (C=O) groups is 1. The van der Waals surface area contributed by atoms with Crippen LogP contribution in [0.3, 0.4) is 0 Å². The fourth-order valence-corrected chi connectivity index (χ4v) is 2.10. The molecule has 0 fully saturated rings. The summed E-state index contributed by atoms with van der Waals surface area (Å²) < 4.78 is 2.44. The number of carboxylic acids is 1. The third-order valence-electron chi connectivity index (χ3n) is 2.31. The van der Waals surface area contributed by atoms with E-state index in [0.717, 1.165) is 10.0 Å². The minimum atomic E-state index is -1.13. The van der Waals surface area contributed by atoms with Crippen molar-refractivity contribution in [3.05, 3.63) is 39.6 Å². The summed E-state index contributed by atoms with van der Waals surface area (Å²) in [5, 5.41) is 9.05. The monoisotopic (exact) mass is 314 g/mol. The van der Waals surface area contributed by atoms with E-state index in [4.69, 9.17) is 16.7 Å². The first-order valence-electron chi connectivity index (χ1n) is 4.72. The molecule has 1 aromatic heterocycles. The predicted octanol–water partition coefficient (Wildman–Crippen LogP) is 3.20. The second-order valence-corrected chi connectivity index (χ2v) is 4.72. The van der Waals surface area contributed by atoms with E-state index in [2.05, 4.69) is 20.9 Å². The number of hydrogen-bond acceptors (Lipinski definition) is 2. The van der Waals surface area contributed by atoms with Crippen molar-refractivity contribution in [2.24, 2.45) is 7.05 Å². The van der Waals surface area contributed by atoms with Crippen LogP contribution >= 0.6 is 27.5 Å². The molecule has 6 heteroatoms. The highest BCUT2D eigenvalue weighted by molar-refractivity contribution is 9.10. The first-order chi connectivity index (χ1) is 8.00. The molecular formula is C11H8BrClN2O2. The van der Waals surface area contributed by atoms with Gasteiger partial charge in [-0.05, 0) is 12.1 Å². The van der Waals surface area contributed by atoms with Crippen LogP contribution in [0.4, 0.5) is 0 Å². The number of benzene rings is 1. The van der Waals surface area contributed by atoms with Gasteiger partial charge >= 0.3 is 5.97 Å². The maximum Gasteiger partial charge on any atom is 0.357 e. The van der Waals surface area contributed by atoms with Crippen molar-refractivity contribution in [1.82, 2.24) is 9.55 Å². The van der Waals surface area contributed by atoms with Crippen molar-refractivity contribution >= 4 is 33.5 Å². The van der Waals surface area contributed by atoms with E-state index in [0.29, 0.717) is 5.82 Å². The quantitative estimate of drug-likeness (QED) is 0.926. The third kappa shape index (κ3) is 2.21. The molecule has 1 heterocycles. The second-order valence-electron chi connectivity index (χ2n) is 3.45. The van der Waals surface area contributed by atoms with Gasteiger partial charge in [-0.25, -0.2) is 9.78 Å². The number of nitrogens with zero attached hydrogens (tertiary/aromatic N) is 2. The fraction of sp³-hybridized carbons (Fsp3) is 0.0909. The Labute approximate surface area is 111 Å². The topological polar surface area (TPSA) is 55.1 Å². The average Bonchev–Trinajstić information content (AvgIpc) is 2.56. The van der Waals surface area contributed by atoms with Crippen LogP contribution in [0.2, 0.25) is 5.15 Å². The molecule has 4 nitrogen and oxygen atoms in total. The Bertz CT molecular complexity index is 595. The van der Waals surface area contributed by atoms with E-state index < -0.39 is 5.97 Å². The molecular weight excluding hydrogens is 307 g/mol. The highest BCUT2D eigenvalue weighted by atomic mass is 79.9. The van der Waals surface area contributed by atoms with Gasteiger partial charge in [0.05, 0.1) is 0 Å². The largest absolute Gasteiger partial charge is 0.476 e. The van der Waals surface area contributed by atoms with Gasteiger partial charge in [-0.1, -0.05) is 39.7 Å². The zero-order valence-corrected chi connectivity index (χ0v) is 11.2. The Morgan fingerprint density at radius 1 is 1.53 bits per heavy atom. The van der Waals surface area contributed by atoms with E-state index in [1.165, 1.54) is 0 Å². The van der Waals surface area contributed by atoms with Crippen LogP contribution in [-0.4, -0.2) is 20.6 Å². The Balaban J connectivity index is 2.61. The van der Waals surface area contributed by atoms with Crippen LogP contribution in [0.15, 0.2) is 28.7 Å². The van der Waals surface area contributed by atoms with Crippen molar-refractivity contribution in [2.45, 2.75) is 0 Å². The molecule has 88 valence electrons. The maximum atomic E-state index is 10.9. The Kier molecular flexibility index (Phi) is 3.22. The van der Waals surface area contributed by atoms with E-state index in [1.54, 1.807) is 11.6 Å². The summed E-state index contributed by atoms with van der Waals surface area (Å²) in [6.45, 7) is 0. The zero-order chi connectivity index (χ0) is 12.6. The summed E-state index contributed by atoms with van der Waals surface area (Å²) in [6.07, 6.45) is 0. The number of aromatic carboxylic acids is 1. The van der Waals surface area contributed by atoms with Gasteiger partial charge in [0.1, 0.15) is 11.0 Å². The van der Waals surface area contributed by atoms with E-state index in [-0.39, 0.29) is 10.8 Å². The van der Waals surface area contributed by atoms with Crippen LogP contribution in [-0.2, 0) is 7.05 Å². The molecule has 2 aromatic rings. The lowest BCUT2D eigenvalue weighted by atomic mass is 10.2. The molecule has 0 unspecified atom stereocenters. The molecule has 0 aliphatic rings. The molecule has 0 bridgehead atoms. The van der Waals surface area contributed by atoms with Gasteiger partial charge in [0.15, 0.2) is 5.69 Å². The molecule has 0 aliphatic carbocycles. The number of carboxylic acid groups (broad SMARTS) is 1. The smallest absolute Gasteiger partial charge is 0.357 e. The summed E-state index contributed by atoms with van der Waals surface area (Å²) >= 11 is 9.26. The fourth-order valence-electron chi connectivity index (χ4n) is 1.50. The normalized spacial score (nSPS) is 10.5. The third-order valence-corrected chi connectivity index (χ3v) is 3.24. The Morgan fingerprint density at radius 3 is 2.76 bits per heavy atom. The molecule has 0 saturated carbocycles. The summed E-state index contributed by atoms with van der Waals surface area (Å²) in [4.78, 5) is 14.9. The first kappa shape index (κ1) is 12.1. The zero-order valence-electron chi connectivity index (χ0n) is 8.82. The van der Waals surface area contributed by atoms with Crippen molar-refractivity contribution in [3.8, 4) is 11.4 Å². The van der Waals surface area contributed by atoms with Gasteiger partial charge in [-0.15, -0.1) is 0 Å². The number of halogens is 2. The van der Waals surface area contributed by atoms with E-state index >= 15 is 0 Å². The first-order valence-corrected chi connectivity index (χ1v) is 5.89. The Morgan fingerprint density at radius 2 is 2.24 bits per heavy atom. The van der Waals surface area contributed by atoms with Crippen LogP contribution < -0.4 is 0 Å². The summed E-state index contributed by atoms with van der Waals surface area (Å²) in [5.41, 5.74) is 0.667. The molecule has 2 rings (SSSR count). The summed E-state index contributed by atoms with van der Waals surface area (Å²) in [6, 6.07) is 7.42. The van der Waals surface area contributed by atoms with Gasteiger partial charge in [0.25, 0.3) is 0 Å². The second kappa shape index (κ2) is 4.50. The van der Waals surface area contributed by atoms with Gasteiger partial charge in [-0.3, -0.25) is 0 Å². The molecule has 0 atom stereocenters. The standard InChI is InChI=1S/C11H8BrClN2O2/c1-15-9(13)8(11(16)17)14-10(15)6-3-2-4-7(12)5-6/h2-5H,1H3,(H,16,17). The predicted molar refractivity (Wildman–Crippen MR) is 68.3 cm³/mol. The Hall–Kier alpha value is -1.33. The van der Waals surface area contributed by atoms with Crippen LogP contribution in [0.1, 0.15) is 10.5 Å². The minimum absolute atomic E-state index is 0.118. The summed E-state index contributed by atoms with van der Waals surface area (Å²) in [5.74, 6) is -0.611. The van der Waals surface area contributed by atoms with Gasteiger partial charge in [0.2, 0.25) is 0 Å². The lowest BCUT2D eigenvalue weighted by molar-refractivity contribution is 0.0691. The minimum Gasteiger partial charge on any atom is -0.476 e. The lowest BCUT2D eigenvalue weighted by Gasteiger charge is -2.02. The molecule has 0 saturated heterocycles. The molecule has 0 spiro atoms. The maximum absolute atomic E-state index is 10.9. The number of hydrogen-bond donors (Lipinski definition) is 1. The summed E-state index contributed by atoms with van der Waals surface area (Å²) in [7, 11) is 1.68. The van der Waals surface area contributed by atoms with Crippen molar-refractivity contribution in [2.75, 3.05) is 0 Å². The van der Waals surface area contributed by atoms with Crippen LogP contribution in [0.25, 0.3) is 11.4 Å². The molecule has 0 radical (unpaired) electrons. The number of rotatable bonds is 2. The van der Waals surface area contributed by atoms with Crippen molar-refractivity contribution < 1.29 is 9.90 Å². The van der Waals surface area contributed by atoms with E-state index in [1.807, 2.05) is 24.3 Å².